The van der Waals surface area contributed by atoms with Gasteiger partial charge in [-0.3, -0.25) is 19.3 Å². The number of carbonyl (C=O) groups excluding carboxylic acids is 3. The summed E-state index contributed by atoms with van der Waals surface area (Å²) in [6.07, 6.45) is 7.43. The van der Waals surface area contributed by atoms with Crippen molar-refractivity contribution in [1.82, 2.24) is 4.90 Å². The van der Waals surface area contributed by atoms with Gasteiger partial charge in [0.05, 0.1) is 4.91 Å². The van der Waals surface area contributed by atoms with Crippen LogP contribution >= 0.6 is 11.8 Å². The van der Waals surface area contributed by atoms with Gasteiger partial charge in [-0.25, -0.2) is 0 Å². The minimum Gasteiger partial charge on any atom is -0.322 e. The van der Waals surface area contributed by atoms with Crippen LogP contribution < -0.4 is 5.32 Å². The minimum absolute atomic E-state index is 0.0260. The van der Waals surface area contributed by atoms with Gasteiger partial charge in [0.25, 0.3) is 17.1 Å². The molecule has 2 aromatic rings. The third-order valence-corrected chi connectivity index (χ3v) is 6.88. The molecule has 0 radical (unpaired) electrons. The normalized spacial score (nSPS) is 19.6. The Morgan fingerprint density at radius 3 is 2.39 bits per heavy atom. The van der Waals surface area contributed by atoms with Gasteiger partial charge < -0.3 is 5.32 Å². The summed E-state index contributed by atoms with van der Waals surface area (Å²) >= 11 is 1.00. The number of carbonyl (C=O) groups is 3. The lowest BCUT2D eigenvalue weighted by Crippen LogP contribution is -2.39. The maximum absolute atomic E-state index is 12.9. The van der Waals surface area contributed by atoms with E-state index in [9.17, 15) is 14.4 Å². The van der Waals surface area contributed by atoms with Crippen LogP contribution in [-0.2, 0) is 4.79 Å². The van der Waals surface area contributed by atoms with Gasteiger partial charge in [0.15, 0.2) is 0 Å². The molecule has 4 rings (SSSR count). The second-order valence-corrected chi connectivity index (χ2v) is 9.57. The van der Waals surface area contributed by atoms with Gasteiger partial charge in [-0.15, -0.1) is 0 Å². The van der Waals surface area contributed by atoms with E-state index in [1.54, 1.807) is 30.3 Å². The fourth-order valence-electron chi connectivity index (χ4n) is 4.19. The number of nitrogens with zero attached hydrogens (tertiary/aromatic N) is 1. The highest BCUT2D eigenvalue weighted by atomic mass is 32.2. The lowest BCUT2D eigenvalue weighted by Gasteiger charge is -2.35. The topological polar surface area (TPSA) is 66.5 Å². The SMILES string of the molecule is CC1(CN2C(=O)S/C(=C\c3ccc(NC(=O)c4ccccc4)cc3)C2=O)CCCCC1. The Balaban J connectivity index is 1.42. The third kappa shape index (κ3) is 5.07. The molecular formula is C25H26N2O3S. The second-order valence-electron chi connectivity index (χ2n) is 8.58. The van der Waals surface area contributed by atoms with Crippen molar-refractivity contribution in [1.29, 1.82) is 0 Å². The van der Waals surface area contributed by atoms with Gasteiger partial charge >= 0.3 is 0 Å². The van der Waals surface area contributed by atoms with E-state index < -0.39 is 0 Å². The van der Waals surface area contributed by atoms with E-state index in [1.807, 2.05) is 30.3 Å². The molecule has 6 heteroatoms. The average molecular weight is 435 g/mol. The van der Waals surface area contributed by atoms with Crippen LogP contribution in [0.1, 0.15) is 54.9 Å². The van der Waals surface area contributed by atoms with E-state index in [4.69, 9.17) is 0 Å². The largest absolute Gasteiger partial charge is 0.322 e. The summed E-state index contributed by atoms with van der Waals surface area (Å²) in [6, 6.07) is 16.3. The number of thioether (sulfide) groups is 1. The van der Waals surface area contributed by atoms with Gasteiger partial charge in [-0.05, 0) is 65.9 Å². The Bertz CT molecular complexity index is 1010. The average Bonchev–Trinajstić information content (AvgIpc) is 3.03. The highest BCUT2D eigenvalue weighted by Crippen LogP contribution is 2.40. The van der Waals surface area contributed by atoms with E-state index in [0.717, 1.165) is 43.0 Å². The summed E-state index contributed by atoms with van der Waals surface area (Å²) in [5.74, 6) is -0.381. The van der Waals surface area contributed by atoms with Gasteiger partial charge in [0, 0.05) is 17.8 Å². The first-order valence-corrected chi connectivity index (χ1v) is 11.5. The van der Waals surface area contributed by atoms with Crippen LogP contribution in [0.15, 0.2) is 59.5 Å². The van der Waals surface area contributed by atoms with Crippen LogP contribution in [0.25, 0.3) is 6.08 Å². The molecule has 0 spiro atoms. The number of amides is 3. The first-order valence-electron chi connectivity index (χ1n) is 10.7. The number of nitrogens with one attached hydrogen (secondary N) is 1. The summed E-state index contributed by atoms with van der Waals surface area (Å²) < 4.78 is 0. The molecule has 31 heavy (non-hydrogen) atoms. The predicted octanol–water partition coefficient (Wildman–Crippen LogP) is 5.95. The minimum atomic E-state index is -0.205. The van der Waals surface area contributed by atoms with Crippen LogP contribution in [0.5, 0.6) is 0 Å². The maximum atomic E-state index is 12.9. The molecule has 1 aliphatic carbocycles. The molecule has 1 saturated carbocycles. The van der Waals surface area contributed by atoms with Gasteiger partial charge in [-0.1, -0.05) is 56.5 Å². The molecule has 2 aromatic carbocycles. The van der Waals surface area contributed by atoms with Crippen molar-refractivity contribution in [2.45, 2.75) is 39.0 Å². The fourth-order valence-corrected chi connectivity index (χ4v) is 5.03. The van der Waals surface area contributed by atoms with E-state index >= 15 is 0 Å². The zero-order valence-electron chi connectivity index (χ0n) is 17.6. The van der Waals surface area contributed by atoms with Crippen molar-refractivity contribution in [3.8, 4) is 0 Å². The third-order valence-electron chi connectivity index (χ3n) is 5.98. The van der Waals surface area contributed by atoms with Crippen LogP contribution in [0.4, 0.5) is 10.5 Å². The molecule has 1 heterocycles. The van der Waals surface area contributed by atoms with Crippen LogP contribution in [0.3, 0.4) is 0 Å². The van der Waals surface area contributed by atoms with E-state index in [2.05, 4.69) is 12.2 Å². The van der Waals surface area contributed by atoms with Crippen molar-refractivity contribution >= 4 is 40.6 Å². The summed E-state index contributed by atoms with van der Waals surface area (Å²) in [7, 11) is 0. The quantitative estimate of drug-likeness (QED) is 0.591. The van der Waals surface area contributed by atoms with Crippen molar-refractivity contribution < 1.29 is 14.4 Å². The van der Waals surface area contributed by atoms with E-state index in [-0.39, 0.29) is 22.5 Å². The molecule has 1 aliphatic heterocycles. The van der Waals surface area contributed by atoms with Gasteiger partial charge in [-0.2, -0.15) is 0 Å². The lowest BCUT2D eigenvalue weighted by molar-refractivity contribution is -0.124. The molecule has 160 valence electrons. The molecule has 3 amide bonds. The Labute approximate surface area is 186 Å². The maximum Gasteiger partial charge on any atom is 0.293 e. The molecule has 0 bridgehead atoms. The standard InChI is InChI=1S/C25H26N2O3S/c1-25(14-6-3-7-15-25)17-27-23(29)21(31-24(27)30)16-18-10-12-20(13-11-18)26-22(28)19-8-4-2-5-9-19/h2,4-5,8-13,16H,3,6-7,14-15,17H2,1H3,(H,26,28)/b21-16-. The molecule has 0 aromatic heterocycles. The van der Waals surface area contributed by atoms with Crippen molar-refractivity contribution in [3.05, 3.63) is 70.6 Å². The van der Waals surface area contributed by atoms with Gasteiger partial charge in [0.2, 0.25) is 0 Å². The Morgan fingerprint density at radius 1 is 1.03 bits per heavy atom. The van der Waals surface area contributed by atoms with Crippen molar-refractivity contribution in [2.24, 2.45) is 5.41 Å². The first kappa shape index (κ1) is 21.4. The fraction of sp³-hybridized carbons (Fsp3) is 0.320. The number of rotatable bonds is 5. The van der Waals surface area contributed by atoms with Crippen molar-refractivity contribution in [3.63, 3.8) is 0 Å². The van der Waals surface area contributed by atoms with Crippen LogP contribution in [-0.4, -0.2) is 28.5 Å². The molecule has 1 saturated heterocycles. The molecule has 5 nitrogen and oxygen atoms in total. The summed E-state index contributed by atoms with van der Waals surface area (Å²) in [5, 5.41) is 2.67. The molecular weight excluding hydrogens is 408 g/mol. The molecule has 0 unspecified atom stereocenters. The second kappa shape index (κ2) is 9.10. The monoisotopic (exact) mass is 434 g/mol. The first-order chi connectivity index (χ1) is 14.9. The van der Waals surface area contributed by atoms with Crippen molar-refractivity contribution in [2.75, 3.05) is 11.9 Å². The van der Waals surface area contributed by atoms with E-state index in [0.29, 0.717) is 22.7 Å². The predicted molar refractivity (Wildman–Crippen MR) is 125 cm³/mol. The number of benzene rings is 2. The highest BCUT2D eigenvalue weighted by molar-refractivity contribution is 8.18. The Kier molecular flexibility index (Phi) is 6.28. The van der Waals surface area contributed by atoms with Crippen LogP contribution in [0.2, 0.25) is 0 Å². The summed E-state index contributed by atoms with van der Waals surface area (Å²) in [4.78, 5) is 39.5. The van der Waals surface area contributed by atoms with Crippen LogP contribution in [0, 0.1) is 5.41 Å². The molecule has 2 fully saturated rings. The summed E-state index contributed by atoms with van der Waals surface area (Å²) in [5.41, 5.74) is 2.10. The summed E-state index contributed by atoms with van der Waals surface area (Å²) in [6.45, 7) is 2.68. The Morgan fingerprint density at radius 2 is 1.71 bits per heavy atom. The number of hydrogen-bond acceptors (Lipinski definition) is 4. The number of imide groups is 1. The van der Waals surface area contributed by atoms with Gasteiger partial charge in [0.1, 0.15) is 0 Å². The van der Waals surface area contributed by atoms with E-state index in [1.165, 1.54) is 11.3 Å². The zero-order chi connectivity index (χ0) is 21.8. The highest BCUT2D eigenvalue weighted by Gasteiger charge is 2.40. The number of hydrogen-bond donors (Lipinski definition) is 1. The lowest BCUT2D eigenvalue weighted by atomic mass is 9.75. The molecule has 1 N–H and O–H groups in total. The smallest absolute Gasteiger partial charge is 0.293 e. The molecule has 0 atom stereocenters. The Hall–Kier alpha value is -2.86. The molecule has 2 aliphatic rings. The zero-order valence-corrected chi connectivity index (χ0v) is 18.4. The number of anilines is 1.